The molecule has 3 atom stereocenters. The minimum Gasteiger partial charge on any atom is -0.481 e. The number of hydrogen-bond donors (Lipinski definition) is 3. The highest BCUT2D eigenvalue weighted by Gasteiger charge is 2.33. The number of carboxylic acid groups (broad SMARTS) is 1. The first-order valence-corrected chi connectivity index (χ1v) is 5.81. The second-order valence-electron chi connectivity index (χ2n) is 4.44. The standard InChI is InChI=1S/C11H20N2O4/c1-17-6-9(12)10(14)13-5-7-3-2-4-8(7)11(15)16/h7-9H,2-6,12H2,1H3,(H,13,14)(H,15,16). The lowest BCUT2D eigenvalue weighted by Gasteiger charge is -2.18. The van der Waals surface area contributed by atoms with Crippen molar-refractivity contribution in [3.05, 3.63) is 0 Å². The lowest BCUT2D eigenvalue weighted by molar-refractivity contribution is -0.143. The Hall–Kier alpha value is -1.14. The molecule has 6 heteroatoms. The first-order valence-electron chi connectivity index (χ1n) is 5.81. The molecule has 4 N–H and O–H groups in total. The van der Waals surface area contributed by atoms with Crippen LogP contribution < -0.4 is 11.1 Å². The monoisotopic (exact) mass is 244 g/mol. The number of methoxy groups -OCH3 is 1. The molecule has 1 aliphatic rings. The zero-order valence-corrected chi connectivity index (χ0v) is 10.0. The Balaban J connectivity index is 2.34. The van der Waals surface area contributed by atoms with E-state index in [2.05, 4.69) is 5.32 Å². The number of nitrogens with two attached hydrogens (primary N) is 1. The van der Waals surface area contributed by atoms with Gasteiger partial charge in [0.2, 0.25) is 5.91 Å². The number of rotatable bonds is 6. The molecular formula is C11H20N2O4. The molecule has 0 aromatic rings. The molecule has 0 aromatic carbocycles. The Morgan fingerprint density at radius 3 is 2.82 bits per heavy atom. The summed E-state index contributed by atoms with van der Waals surface area (Å²) in [5.41, 5.74) is 5.55. The van der Waals surface area contributed by atoms with Gasteiger partial charge in [0.25, 0.3) is 0 Å². The van der Waals surface area contributed by atoms with E-state index in [1.165, 1.54) is 7.11 Å². The van der Waals surface area contributed by atoms with E-state index in [4.69, 9.17) is 15.6 Å². The SMILES string of the molecule is COCC(N)C(=O)NCC1CCCC1C(=O)O. The largest absolute Gasteiger partial charge is 0.481 e. The number of carbonyl (C=O) groups excluding carboxylic acids is 1. The third kappa shape index (κ3) is 3.98. The number of hydrogen-bond acceptors (Lipinski definition) is 4. The summed E-state index contributed by atoms with van der Waals surface area (Å²) in [7, 11) is 1.48. The van der Waals surface area contributed by atoms with E-state index in [-0.39, 0.29) is 24.3 Å². The van der Waals surface area contributed by atoms with E-state index in [0.717, 1.165) is 12.8 Å². The smallest absolute Gasteiger partial charge is 0.306 e. The normalized spacial score (nSPS) is 25.5. The van der Waals surface area contributed by atoms with Gasteiger partial charge >= 0.3 is 5.97 Å². The fourth-order valence-electron chi connectivity index (χ4n) is 2.22. The van der Waals surface area contributed by atoms with Crippen LogP contribution in [-0.4, -0.2) is 43.3 Å². The molecule has 1 amide bonds. The van der Waals surface area contributed by atoms with Gasteiger partial charge in [-0.15, -0.1) is 0 Å². The summed E-state index contributed by atoms with van der Waals surface area (Å²) < 4.78 is 4.78. The van der Waals surface area contributed by atoms with Gasteiger partial charge in [0.1, 0.15) is 6.04 Å². The predicted octanol–water partition coefficient (Wildman–Crippen LogP) is -0.423. The first kappa shape index (κ1) is 13.9. The van der Waals surface area contributed by atoms with Crippen molar-refractivity contribution in [1.82, 2.24) is 5.32 Å². The molecule has 1 saturated carbocycles. The molecule has 6 nitrogen and oxygen atoms in total. The van der Waals surface area contributed by atoms with Crippen LogP contribution in [0.3, 0.4) is 0 Å². The summed E-state index contributed by atoms with van der Waals surface area (Å²) in [6.07, 6.45) is 2.44. The average molecular weight is 244 g/mol. The molecule has 0 heterocycles. The van der Waals surface area contributed by atoms with Gasteiger partial charge in [-0.25, -0.2) is 0 Å². The van der Waals surface area contributed by atoms with Crippen molar-refractivity contribution in [1.29, 1.82) is 0 Å². The van der Waals surface area contributed by atoms with Crippen LogP contribution in [0.5, 0.6) is 0 Å². The molecule has 0 spiro atoms. The number of carbonyl (C=O) groups is 2. The van der Waals surface area contributed by atoms with Crippen LogP contribution in [0.2, 0.25) is 0 Å². The van der Waals surface area contributed by atoms with Crippen molar-refractivity contribution in [2.75, 3.05) is 20.3 Å². The van der Waals surface area contributed by atoms with E-state index in [1.807, 2.05) is 0 Å². The quantitative estimate of drug-likeness (QED) is 0.589. The van der Waals surface area contributed by atoms with Gasteiger partial charge in [0, 0.05) is 13.7 Å². The summed E-state index contributed by atoms with van der Waals surface area (Å²) in [5.74, 6) is -1.38. The number of nitrogens with one attached hydrogen (secondary N) is 1. The minimum atomic E-state index is -0.775. The van der Waals surface area contributed by atoms with Crippen LogP contribution in [0, 0.1) is 11.8 Å². The van der Waals surface area contributed by atoms with Crippen molar-refractivity contribution >= 4 is 11.9 Å². The number of amides is 1. The predicted molar refractivity (Wildman–Crippen MR) is 61.3 cm³/mol. The Labute approximate surface area is 101 Å². The van der Waals surface area contributed by atoms with E-state index < -0.39 is 12.0 Å². The van der Waals surface area contributed by atoms with Crippen molar-refractivity contribution in [2.24, 2.45) is 17.6 Å². The van der Waals surface area contributed by atoms with Crippen LogP contribution in [0.25, 0.3) is 0 Å². The van der Waals surface area contributed by atoms with E-state index in [1.54, 1.807) is 0 Å². The maximum atomic E-state index is 11.5. The summed E-state index contributed by atoms with van der Waals surface area (Å²) in [4.78, 5) is 22.4. The molecule has 1 rings (SSSR count). The summed E-state index contributed by atoms with van der Waals surface area (Å²) in [6.45, 7) is 0.548. The number of ether oxygens (including phenoxy) is 1. The molecular weight excluding hydrogens is 224 g/mol. The van der Waals surface area contributed by atoms with E-state index >= 15 is 0 Å². The highest BCUT2D eigenvalue weighted by atomic mass is 16.5. The third-order valence-electron chi connectivity index (χ3n) is 3.20. The average Bonchev–Trinajstić information content (AvgIpc) is 2.74. The zero-order valence-electron chi connectivity index (χ0n) is 10.0. The summed E-state index contributed by atoms with van der Waals surface area (Å²) in [5, 5.41) is 11.7. The van der Waals surface area contributed by atoms with Crippen LogP contribution in [0.4, 0.5) is 0 Å². The lowest BCUT2D eigenvalue weighted by Crippen LogP contribution is -2.45. The van der Waals surface area contributed by atoms with Crippen molar-refractivity contribution < 1.29 is 19.4 Å². The number of carboxylic acids is 1. The van der Waals surface area contributed by atoms with Gasteiger partial charge in [0.15, 0.2) is 0 Å². The molecule has 0 saturated heterocycles. The topological polar surface area (TPSA) is 102 Å². The number of aliphatic carboxylic acids is 1. The molecule has 0 aromatic heterocycles. The maximum Gasteiger partial charge on any atom is 0.306 e. The van der Waals surface area contributed by atoms with Gasteiger partial charge < -0.3 is 20.9 Å². The molecule has 1 aliphatic carbocycles. The fraction of sp³-hybridized carbons (Fsp3) is 0.818. The maximum absolute atomic E-state index is 11.5. The van der Waals surface area contributed by atoms with Crippen LogP contribution in [0.1, 0.15) is 19.3 Å². The molecule has 98 valence electrons. The molecule has 0 aliphatic heterocycles. The minimum absolute atomic E-state index is 0.0196. The third-order valence-corrected chi connectivity index (χ3v) is 3.20. The Morgan fingerprint density at radius 2 is 2.24 bits per heavy atom. The van der Waals surface area contributed by atoms with Crippen molar-refractivity contribution in [3.8, 4) is 0 Å². The zero-order chi connectivity index (χ0) is 12.8. The van der Waals surface area contributed by atoms with Gasteiger partial charge in [-0.05, 0) is 18.8 Å². The van der Waals surface area contributed by atoms with Gasteiger partial charge in [-0.3, -0.25) is 9.59 Å². The Kier molecular flexibility index (Phi) is 5.37. The summed E-state index contributed by atoms with van der Waals surface area (Å²) in [6, 6.07) is -0.690. The summed E-state index contributed by atoms with van der Waals surface area (Å²) >= 11 is 0. The fourth-order valence-corrected chi connectivity index (χ4v) is 2.22. The highest BCUT2D eigenvalue weighted by Crippen LogP contribution is 2.31. The van der Waals surface area contributed by atoms with Crippen LogP contribution in [-0.2, 0) is 14.3 Å². The van der Waals surface area contributed by atoms with Crippen molar-refractivity contribution in [3.63, 3.8) is 0 Å². The second kappa shape index (κ2) is 6.56. The molecule has 1 fully saturated rings. The van der Waals surface area contributed by atoms with Crippen LogP contribution in [0.15, 0.2) is 0 Å². The van der Waals surface area contributed by atoms with E-state index in [0.29, 0.717) is 13.0 Å². The van der Waals surface area contributed by atoms with E-state index in [9.17, 15) is 9.59 Å². The van der Waals surface area contributed by atoms with Gasteiger partial charge in [-0.2, -0.15) is 0 Å². The molecule has 3 unspecified atom stereocenters. The molecule has 17 heavy (non-hydrogen) atoms. The highest BCUT2D eigenvalue weighted by molar-refractivity contribution is 5.81. The van der Waals surface area contributed by atoms with Crippen molar-refractivity contribution in [2.45, 2.75) is 25.3 Å². The molecule has 0 bridgehead atoms. The van der Waals surface area contributed by atoms with Crippen LogP contribution >= 0.6 is 0 Å². The molecule has 0 radical (unpaired) electrons. The van der Waals surface area contributed by atoms with Gasteiger partial charge in [-0.1, -0.05) is 6.42 Å². The first-order chi connectivity index (χ1) is 8.06. The Morgan fingerprint density at radius 1 is 1.53 bits per heavy atom. The Bertz CT molecular complexity index is 283. The second-order valence-corrected chi connectivity index (χ2v) is 4.44. The lowest BCUT2D eigenvalue weighted by atomic mass is 9.96. The van der Waals surface area contributed by atoms with Gasteiger partial charge in [0.05, 0.1) is 12.5 Å².